The molecule has 0 rings (SSSR count). The molecule has 0 N–H and O–H groups in total. The van der Waals surface area contributed by atoms with Gasteiger partial charge in [0.05, 0.1) is 0 Å². The van der Waals surface area contributed by atoms with Gasteiger partial charge in [-0.15, -0.1) is 0 Å². The highest BCUT2D eigenvalue weighted by Crippen LogP contribution is 2.14. The molecule has 0 aliphatic heterocycles. The molecule has 0 fully saturated rings. The normalized spacial score (nSPS) is 13.0. The lowest BCUT2D eigenvalue weighted by Crippen LogP contribution is -2.30. The van der Waals surface area contributed by atoms with Gasteiger partial charge in [-0.05, 0) is 109 Å². The zero-order valence-corrected chi connectivity index (χ0v) is 45.9. The standard InChI is InChI=1S/C65H106O6/c1-4-7-10-13-15-17-19-21-23-25-27-29-30-31-32-33-34-36-37-39-41-43-45-47-49-52-55-58-64(67)70-61-62(60-69-63(66)57-54-51-12-9-6-3)71-65(68)59-56-53-50-48-46-44-42-40-38-35-28-26-24-22-20-18-16-14-11-8-5-2/h7-8,10-11,15-18,21-24,27-29,31-32,34-36,62H,4-6,9,12-14,19-20,25-26,30,33,37-61H2,1-3H3/b10-7-,11-8-,17-15-,18-16-,23-21-,24-22-,29-27-,32-31-,35-28-,36-34-. The number of allylic oxidation sites excluding steroid dienone is 20. The maximum Gasteiger partial charge on any atom is 0.306 e. The third-order valence-electron chi connectivity index (χ3n) is 12.0. The average molecular weight is 984 g/mol. The number of esters is 3. The van der Waals surface area contributed by atoms with Crippen LogP contribution in [0.5, 0.6) is 0 Å². The molecular formula is C65H106O6. The highest BCUT2D eigenvalue weighted by Gasteiger charge is 2.19. The zero-order valence-electron chi connectivity index (χ0n) is 45.9. The van der Waals surface area contributed by atoms with Crippen LogP contribution in [0.4, 0.5) is 0 Å². The molecule has 0 aromatic heterocycles. The second-order valence-electron chi connectivity index (χ2n) is 18.8. The third kappa shape index (κ3) is 56.6. The summed E-state index contributed by atoms with van der Waals surface area (Å²) in [6.07, 6.45) is 80.9. The maximum atomic E-state index is 12.8. The van der Waals surface area contributed by atoms with Gasteiger partial charge < -0.3 is 14.2 Å². The molecule has 0 bridgehead atoms. The first-order valence-corrected chi connectivity index (χ1v) is 29.0. The van der Waals surface area contributed by atoms with Crippen LogP contribution in [0.15, 0.2) is 122 Å². The molecule has 0 aromatic carbocycles. The summed E-state index contributed by atoms with van der Waals surface area (Å²) in [6.45, 7) is 6.31. The van der Waals surface area contributed by atoms with Gasteiger partial charge in [-0.1, -0.05) is 245 Å². The number of unbranched alkanes of at least 4 members (excludes halogenated alkanes) is 20. The van der Waals surface area contributed by atoms with Crippen LogP contribution in [0.2, 0.25) is 0 Å². The number of hydrogen-bond donors (Lipinski definition) is 0. The lowest BCUT2D eigenvalue weighted by Gasteiger charge is -2.18. The minimum Gasteiger partial charge on any atom is -0.462 e. The Hall–Kier alpha value is -4.19. The molecule has 0 aliphatic carbocycles. The third-order valence-corrected chi connectivity index (χ3v) is 12.0. The molecule has 6 nitrogen and oxygen atoms in total. The lowest BCUT2D eigenvalue weighted by molar-refractivity contribution is -0.167. The molecule has 0 aliphatic rings. The molecule has 0 saturated heterocycles. The van der Waals surface area contributed by atoms with Crippen LogP contribution in [0.25, 0.3) is 0 Å². The predicted molar refractivity (Wildman–Crippen MR) is 306 cm³/mol. The average Bonchev–Trinajstić information content (AvgIpc) is 3.37. The molecule has 0 amide bonds. The van der Waals surface area contributed by atoms with Crippen molar-refractivity contribution in [1.29, 1.82) is 0 Å². The van der Waals surface area contributed by atoms with Crippen molar-refractivity contribution < 1.29 is 28.6 Å². The molecule has 71 heavy (non-hydrogen) atoms. The van der Waals surface area contributed by atoms with Crippen molar-refractivity contribution in [1.82, 2.24) is 0 Å². The number of rotatable bonds is 51. The van der Waals surface area contributed by atoms with Gasteiger partial charge in [0.1, 0.15) is 13.2 Å². The zero-order chi connectivity index (χ0) is 51.4. The number of carbonyl (C=O) groups excluding carboxylic acids is 3. The minimum atomic E-state index is -0.786. The van der Waals surface area contributed by atoms with Crippen LogP contribution in [0.3, 0.4) is 0 Å². The van der Waals surface area contributed by atoms with E-state index in [0.717, 1.165) is 141 Å². The molecule has 0 saturated carbocycles. The molecule has 0 heterocycles. The Kier molecular flexibility index (Phi) is 54.9. The fourth-order valence-corrected chi connectivity index (χ4v) is 7.67. The smallest absolute Gasteiger partial charge is 0.306 e. The number of hydrogen-bond acceptors (Lipinski definition) is 6. The van der Waals surface area contributed by atoms with Gasteiger partial charge in [0, 0.05) is 19.3 Å². The van der Waals surface area contributed by atoms with Crippen LogP contribution in [0.1, 0.15) is 252 Å². The van der Waals surface area contributed by atoms with Crippen molar-refractivity contribution in [2.75, 3.05) is 13.2 Å². The fourth-order valence-electron chi connectivity index (χ4n) is 7.67. The Labute approximate surface area is 437 Å². The van der Waals surface area contributed by atoms with Gasteiger partial charge in [-0.2, -0.15) is 0 Å². The summed E-state index contributed by atoms with van der Waals surface area (Å²) < 4.78 is 16.7. The van der Waals surface area contributed by atoms with Gasteiger partial charge in [0.15, 0.2) is 6.10 Å². The van der Waals surface area contributed by atoms with Crippen molar-refractivity contribution in [3.8, 4) is 0 Å². The summed E-state index contributed by atoms with van der Waals surface area (Å²) in [5.74, 6) is -0.919. The van der Waals surface area contributed by atoms with E-state index in [1.54, 1.807) is 0 Å². The van der Waals surface area contributed by atoms with Gasteiger partial charge in [0.2, 0.25) is 0 Å². The molecule has 1 unspecified atom stereocenters. The van der Waals surface area contributed by atoms with E-state index in [9.17, 15) is 14.4 Å². The quantitative estimate of drug-likeness (QED) is 0.0261. The fraction of sp³-hybridized carbons (Fsp3) is 0.646. The minimum absolute atomic E-state index is 0.0868. The summed E-state index contributed by atoms with van der Waals surface area (Å²) in [7, 11) is 0. The van der Waals surface area contributed by atoms with E-state index < -0.39 is 6.10 Å². The van der Waals surface area contributed by atoms with Crippen LogP contribution in [0, 0.1) is 0 Å². The van der Waals surface area contributed by atoms with Gasteiger partial charge in [-0.3, -0.25) is 14.4 Å². The van der Waals surface area contributed by atoms with E-state index in [2.05, 4.69) is 142 Å². The first kappa shape index (κ1) is 66.8. The van der Waals surface area contributed by atoms with Gasteiger partial charge in [0.25, 0.3) is 0 Å². The SMILES string of the molecule is CC/C=C\C/C=C\C/C=C\C/C=C\C/C=C\C/C=C\CCCCCCCCCCC(=O)OCC(COC(=O)CCCCCCC)OC(=O)CCCCCCCCCC/C=C\C/C=C\C/C=C\C/C=C\CC. The van der Waals surface area contributed by atoms with E-state index in [4.69, 9.17) is 14.2 Å². The molecule has 0 radical (unpaired) electrons. The van der Waals surface area contributed by atoms with Crippen LogP contribution >= 0.6 is 0 Å². The Bertz CT molecular complexity index is 1500. The molecule has 1 atom stereocenters. The Morgan fingerprint density at radius 1 is 0.296 bits per heavy atom. The largest absolute Gasteiger partial charge is 0.462 e. The summed E-state index contributed by atoms with van der Waals surface area (Å²) in [5.41, 5.74) is 0. The van der Waals surface area contributed by atoms with Crippen molar-refractivity contribution in [2.24, 2.45) is 0 Å². The number of carbonyl (C=O) groups is 3. The predicted octanol–water partition coefficient (Wildman–Crippen LogP) is 19.6. The summed E-state index contributed by atoms with van der Waals surface area (Å²) in [5, 5.41) is 0. The van der Waals surface area contributed by atoms with Crippen molar-refractivity contribution in [2.45, 2.75) is 258 Å². The summed E-state index contributed by atoms with van der Waals surface area (Å²) in [4.78, 5) is 37.8. The van der Waals surface area contributed by atoms with Crippen LogP contribution < -0.4 is 0 Å². The molecule has 402 valence electrons. The second kappa shape index (κ2) is 58.4. The first-order valence-electron chi connectivity index (χ1n) is 29.0. The molecule has 0 aromatic rings. The molecule has 6 heteroatoms. The summed E-state index contributed by atoms with van der Waals surface area (Å²) in [6, 6.07) is 0. The Morgan fingerprint density at radius 2 is 0.549 bits per heavy atom. The molecular weight excluding hydrogens is 877 g/mol. The lowest BCUT2D eigenvalue weighted by atomic mass is 10.1. The van der Waals surface area contributed by atoms with Gasteiger partial charge >= 0.3 is 17.9 Å². The van der Waals surface area contributed by atoms with Crippen molar-refractivity contribution in [3.63, 3.8) is 0 Å². The van der Waals surface area contributed by atoms with E-state index in [0.29, 0.717) is 19.3 Å². The second-order valence-corrected chi connectivity index (χ2v) is 18.8. The van der Waals surface area contributed by atoms with E-state index in [-0.39, 0.29) is 31.1 Å². The van der Waals surface area contributed by atoms with Gasteiger partial charge in [-0.25, -0.2) is 0 Å². The maximum absolute atomic E-state index is 12.8. The first-order chi connectivity index (χ1) is 35.0. The van der Waals surface area contributed by atoms with E-state index >= 15 is 0 Å². The monoisotopic (exact) mass is 983 g/mol. The Morgan fingerprint density at radius 3 is 0.859 bits per heavy atom. The van der Waals surface area contributed by atoms with Crippen LogP contribution in [-0.4, -0.2) is 37.2 Å². The van der Waals surface area contributed by atoms with Crippen molar-refractivity contribution >= 4 is 17.9 Å². The van der Waals surface area contributed by atoms with E-state index in [1.807, 2.05) is 0 Å². The van der Waals surface area contributed by atoms with Crippen LogP contribution in [-0.2, 0) is 28.6 Å². The van der Waals surface area contributed by atoms with Crippen molar-refractivity contribution in [3.05, 3.63) is 122 Å². The highest BCUT2D eigenvalue weighted by molar-refractivity contribution is 5.71. The van der Waals surface area contributed by atoms with E-state index in [1.165, 1.54) is 70.6 Å². The summed E-state index contributed by atoms with van der Waals surface area (Å²) >= 11 is 0. The number of ether oxygens (including phenoxy) is 3. The topological polar surface area (TPSA) is 78.9 Å². The Balaban J connectivity index is 4.15. The highest BCUT2D eigenvalue weighted by atomic mass is 16.6. The molecule has 0 spiro atoms.